The minimum Gasteiger partial charge on any atom is -0.331 e. The van der Waals surface area contributed by atoms with Gasteiger partial charge in [0.25, 0.3) is 0 Å². The summed E-state index contributed by atoms with van der Waals surface area (Å²) < 4.78 is 0. The van der Waals surface area contributed by atoms with E-state index in [1.165, 1.54) is 0 Å². The van der Waals surface area contributed by atoms with Gasteiger partial charge in [-0.05, 0) is 55.4 Å². The van der Waals surface area contributed by atoms with Crippen LogP contribution in [0.25, 0.3) is 0 Å². The van der Waals surface area contributed by atoms with E-state index in [2.05, 4.69) is 16.0 Å². The van der Waals surface area contributed by atoms with Crippen LogP contribution in [0.15, 0.2) is 48.5 Å². The summed E-state index contributed by atoms with van der Waals surface area (Å²) in [5.74, 6) is 0.239. The lowest BCUT2D eigenvalue weighted by Gasteiger charge is -2.19. The Hall–Kier alpha value is -2.82. The van der Waals surface area contributed by atoms with Crippen molar-refractivity contribution in [2.45, 2.75) is 32.7 Å². The van der Waals surface area contributed by atoms with Crippen LogP contribution in [0.1, 0.15) is 35.6 Å². The Morgan fingerprint density at radius 1 is 1.04 bits per heavy atom. The maximum atomic E-state index is 12.2. The first kappa shape index (κ1) is 18.0. The van der Waals surface area contributed by atoms with Gasteiger partial charge in [-0.2, -0.15) is 0 Å². The third-order valence-electron chi connectivity index (χ3n) is 4.83. The zero-order valence-electron chi connectivity index (χ0n) is 15.2. The van der Waals surface area contributed by atoms with Gasteiger partial charge in [-0.3, -0.25) is 4.79 Å². The Morgan fingerprint density at radius 3 is 2.46 bits per heavy atom. The average Bonchev–Trinajstić information content (AvgIpc) is 3.47. The van der Waals surface area contributed by atoms with Gasteiger partial charge in [0.15, 0.2) is 0 Å². The van der Waals surface area contributed by atoms with Crippen LogP contribution in [-0.2, 0) is 4.79 Å². The quantitative estimate of drug-likeness (QED) is 0.743. The smallest absolute Gasteiger partial charge is 0.315 e. The first-order chi connectivity index (χ1) is 12.5. The number of carbonyl (C=O) groups is 2. The standard InChI is InChI=1S/C21H25N3O2/c1-14-7-6-10-18(15(14)2)23-19(25)13-22-21(26)24-20(17-11-12-17)16-8-4-3-5-9-16/h3-10,17,20H,11-13H2,1-2H3,(H,23,25)(H2,22,24,26). The topological polar surface area (TPSA) is 70.2 Å². The van der Waals surface area contributed by atoms with Crippen molar-refractivity contribution in [2.24, 2.45) is 5.92 Å². The van der Waals surface area contributed by atoms with Gasteiger partial charge in [-0.1, -0.05) is 42.5 Å². The number of benzene rings is 2. The molecule has 1 atom stereocenters. The minimum absolute atomic E-state index is 0.00159. The van der Waals surface area contributed by atoms with E-state index < -0.39 is 0 Å². The molecule has 1 saturated carbocycles. The van der Waals surface area contributed by atoms with Crippen molar-refractivity contribution in [3.05, 3.63) is 65.2 Å². The van der Waals surface area contributed by atoms with Crippen LogP contribution < -0.4 is 16.0 Å². The fourth-order valence-electron chi connectivity index (χ4n) is 3.00. The third kappa shape index (κ3) is 4.63. The first-order valence-electron chi connectivity index (χ1n) is 9.00. The molecule has 1 fully saturated rings. The van der Waals surface area contributed by atoms with Crippen molar-refractivity contribution in [1.29, 1.82) is 0 Å². The summed E-state index contributed by atoms with van der Waals surface area (Å²) in [7, 11) is 0. The monoisotopic (exact) mass is 351 g/mol. The molecule has 3 rings (SSSR count). The first-order valence-corrected chi connectivity index (χ1v) is 9.00. The largest absolute Gasteiger partial charge is 0.331 e. The van der Waals surface area contributed by atoms with Crippen LogP contribution in [0.4, 0.5) is 10.5 Å². The molecule has 5 nitrogen and oxygen atoms in total. The molecular formula is C21H25N3O2. The molecule has 0 saturated heterocycles. The lowest BCUT2D eigenvalue weighted by molar-refractivity contribution is -0.115. The number of aryl methyl sites for hydroxylation is 1. The van der Waals surface area contributed by atoms with Crippen LogP contribution >= 0.6 is 0 Å². The highest BCUT2D eigenvalue weighted by atomic mass is 16.2. The van der Waals surface area contributed by atoms with Crippen molar-refractivity contribution in [1.82, 2.24) is 10.6 Å². The van der Waals surface area contributed by atoms with Crippen molar-refractivity contribution in [2.75, 3.05) is 11.9 Å². The summed E-state index contributed by atoms with van der Waals surface area (Å²) in [4.78, 5) is 24.4. The Bertz CT molecular complexity index is 785. The third-order valence-corrected chi connectivity index (χ3v) is 4.83. The predicted molar refractivity (Wildman–Crippen MR) is 103 cm³/mol. The zero-order chi connectivity index (χ0) is 18.5. The van der Waals surface area contributed by atoms with E-state index in [9.17, 15) is 9.59 Å². The van der Waals surface area contributed by atoms with Gasteiger partial charge in [0.05, 0.1) is 12.6 Å². The number of anilines is 1. The van der Waals surface area contributed by atoms with Gasteiger partial charge >= 0.3 is 6.03 Å². The molecule has 3 N–H and O–H groups in total. The van der Waals surface area contributed by atoms with Gasteiger partial charge in [0, 0.05) is 5.69 Å². The van der Waals surface area contributed by atoms with E-state index >= 15 is 0 Å². The Balaban J connectivity index is 1.51. The highest BCUT2D eigenvalue weighted by molar-refractivity contribution is 5.95. The average molecular weight is 351 g/mol. The van der Waals surface area contributed by atoms with Gasteiger partial charge in [-0.15, -0.1) is 0 Å². The van der Waals surface area contributed by atoms with E-state index in [1.807, 2.05) is 62.4 Å². The van der Waals surface area contributed by atoms with Crippen molar-refractivity contribution in [3.8, 4) is 0 Å². The minimum atomic E-state index is -0.318. The SMILES string of the molecule is Cc1cccc(NC(=O)CNC(=O)NC(c2ccccc2)C2CC2)c1C. The highest BCUT2D eigenvalue weighted by Gasteiger charge is 2.33. The second-order valence-corrected chi connectivity index (χ2v) is 6.85. The van der Waals surface area contributed by atoms with E-state index in [0.29, 0.717) is 5.92 Å². The molecule has 136 valence electrons. The lowest BCUT2D eigenvalue weighted by Crippen LogP contribution is -2.42. The molecular weight excluding hydrogens is 326 g/mol. The molecule has 0 aromatic heterocycles. The number of hydrogen-bond donors (Lipinski definition) is 3. The zero-order valence-corrected chi connectivity index (χ0v) is 15.2. The summed E-state index contributed by atoms with van der Waals surface area (Å²) in [5.41, 5.74) is 4.02. The van der Waals surface area contributed by atoms with E-state index in [0.717, 1.165) is 35.2 Å². The van der Waals surface area contributed by atoms with Crippen LogP contribution in [0.2, 0.25) is 0 Å². The summed E-state index contributed by atoms with van der Waals surface area (Å²) in [6, 6.07) is 15.4. The molecule has 2 aromatic rings. The molecule has 0 aliphatic heterocycles. The Labute approximate surface area is 154 Å². The predicted octanol–water partition coefficient (Wildman–Crippen LogP) is 3.69. The molecule has 0 radical (unpaired) electrons. The number of hydrogen-bond acceptors (Lipinski definition) is 2. The summed E-state index contributed by atoms with van der Waals surface area (Å²) in [5, 5.41) is 8.51. The maximum absolute atomic E-state index is 12.2. The number of carbonyl (C=O) groups excluding carboxylic acids is 2. The fourth-order valence-corrected chi connectivity index (χ4v) is 3.00. The molecule has 1 aliphatic carbocycles. The Kier molecular flexibility index (Phi) is 5.56. The van der Waals surface area contributed by atoms with Crippen LogP contribution in [-0.4, -0.2) is 18.5 Å². The second-order valence-electron chi connectivity index (χ2n) is 6.85. The molecule has 3 amide bonds. The van der Waals surface area contributed by atoms with Gasteiger partial charge in [-0.25, -0.2) is 4.79 Å². The lowest BCUT2D eigenvalue weighted by atomic mass is 10.0. The Morgan fingerprint density at radius 2 is 1.77 bits per heavy atom. The van der Waals surface area contributed by atoms with Crippen LogP contribution in [0, 0.1) is 19.8 Å². The normalized spacial score (nSPS) is 14.4. The highest BCUT2D eigenvalue weighted by Crippen LogP contribution is 2.40. The van der Waals surface area contributed by atoms with Crippen molar-refractivity contribution >= 4 is 17.6 Å². The summed E-state index contributed by atoms with van der Waals surface area (Å²) in [6.45, 7) is 3.90. The van der Waals surface area contributed by atoms with Gasteiger partial charge in [0.1, 0.15) is 0 Å². The summed E-state index contributed by atoms with van der Waals surface area (Å²) in [6.07, 6.45) is 2.24. The number of urea groups is 1. The molecule has 0 heterocycles. The molecule has 2 aromatic carbocycles. The molecule has 1 aliphatic rings. The van der Waals surface area contributed by atoms with Crippen molar-refractivity contribution < 1.29 is 9.59 Å². The molecule has 5 heteroatoms. The maximum Gasteiger partial charge on any atom is 0.315 e. The second kappa shape index (κ2) is 8.04. The molecule has 26 heavy (non-hydrogen) atoms. The summed E-state index contributed by atoms with van der Waals surface area (Å²) >= 11 is 0. The molecule has 0 bridgehead atoms. The fraction of sp³-hybridized carbons (Fsp3) is 0.333. The van der Waals surface area contributed by atoms with Crippen LogP contribution in [0.3, 0.4) is 0 Å². The van der Waals surface area contributed by atoms with Gasteiger partial charge in [0.2, 0.25) is 5.91 Å². The molecule has 0 spiro atoms. The van der Waals surface area contributed by atoms with Gasteiger partial charge < -0.3 is 16.0 Å². The van der Waals surface area contributed by atoms with Crippen molar-refractivity contribution in [3.63, 3.8) is 0 Å². The van der Waals surface area contributed by atoms with E-state index in [4.69, 9.17) is 0 Å². The van der Waals surface area contributed by atoms with Crippen LogP contribution in [0.5, 0.6) is 0 Å². The number of rotatable bonds is 6. The number of nitrogens with one attached hydrogen (secondary N) is 3. The van der Waals surface area contributed by atoms with E-state index in [-0.39, 0.29) is 24.5 Å². The van der Waals surface area contributed by atoms with E-state index in [1.54, 1.807) is 0 Å². The number of amides is 3. The molecule has 1 unspecified atom stereocenters.